The minimum absolute atomic E-state index is 0.283. The first-order valence-electron chi connectivity index (χ1n) is 13.0. The highest BCUT2D eigenvalue weighted by molar-refractivity contribution is 6.11. The van der Waals surface area contributed by atoms with Crippen molar-refractivity contribution in [3.8, 4) is 22.4 Å². The van der Waals surface area contributed by atoms with Crippen LogP contribution in [-0.4, -0.2) is 64.9 Å². The quantitative estimate of drug-likeness (QED) is 0.270. The number of anilines is 1. The Labute approximate surface area is 227 Å². The number of amides is 2. The number of carbonyl (C=O) groups excluding carboxylic acids is 2. The van der Waals surface area contributed by atoms with Crippen LogP contribution in [-0.2, 0) is 4.79 Å². The Morgan fingerprint density at radius 3 is 2.44 bits per heavy atom. The highest BCUT2D eigenvalue weighted by Crippen LogP contribution is 2.37. The van der Waals surface area contributed by atoms with Crippen molar-refractivity contribution in [1.29, 1.82) is 0 Å². The van der Waals surface area contributed by atoms with E-state index < -0.39 is 12.1 Å². The van der Waals surface area contributed by atoms with Crippen molar-refractivity contribution in [3.05, 3.63) is 90.0 Å². The van der Waals surface area contributed by atoms with Crippen LogP contribution >= 0.6 is 0 Å². The lowest BCUT2D eigenvalue weighted by Gasteiger charge is -2.35. The number of H-pyrrole nitrogens is 1. The molecule has 5 N–H and O–H groups in total. The molecule has 200 valence electrons. The van der Waals surface area contributed by atoms with Crippen LogP contribution in [0, 0.1) is 6.92 Å². The van der Waals surface area contributed by atoms with Crippen molar-refractivity contribution in [1.82, 2.24) is 14.8 Å². The number of benzene rings is 3. The maximum Gasteiger partial charge on any atom is 0.250 e. The Bertz CT molecular complexity index is 1550. The molecule has 0 radical (unpaired) electrons. The summed E-state index contributed by atoms with van der Waals surface area (Å²) in [4.78, 5) is 32.0. The van der Waals surface area contributed by atoms with Crippen LogP contribution in [0.1, 0.15) is 27.7 Å². The first-order chi connectivity index (χ1) is 18.8. The minimum Gasteiger partial charge on any atom is -0.374 e. The van der Waals surface area contributed by atoms with Crippen LogP contribution < -0.4 is 11.1 Å². The molecule has 1 aromatic heterocycles. The molecule has 1 aliphatic heterocycles. The van der Waals surface area contributed by atoms with E-state index in [4.69, 9.17) is 5.73 Å². The van der Waals surface area contributed by atoms with E-state index in [-0.39, 0.29) is 5.91 Å². The molecule has 5 rings (SSSR count). The summed E-state index contributed by atoms with van der Waals surface area (Å²) in [5, 5.41) is 14.6. The van der Waals surface area contributed by atoms with E-state index in [1.165, 1.54) is 6.08 Å². The van der Waals surface area contributed by atoms with Crippen molar-refractivity contribution >= 4 is 28.4 Å². The van der Waals surface area contributed by atoms with Crippen molar-refractivity contribution in [2.45, 2.75) is 13.2 Å². The van der Waals surface area contributed by atoms with Gasteiger partial charge in [0.15, 0.2) is 0 Å². The molecule has 4 aromatic rings. The average Bonchev–Trinajstić information content (AvgIpc) is 3.39. The Kier molecular flexibility index (Phi) is 7.34. The van der Waals surface area contributed by atoms with E-state index in [0.29, 0.717) is 16.8 Å². The van der Waals surface area contributed by atoms with Gasteiger partial charge in [-0.05, 0) is 66.1 Å². The lowest BCUT2D eigenvalue weighted by atomic mass is 9.94. The molecule has 8 heteroatoms. The average molecular weight is 524 g/mol. The molecule has 3 aromatic carbocycles. The van der Waals surface area contributed by atoms with Crippen LogP contribution in [0.15, 0.2) is 73.3 Å². The predicted octanol–water partition coefficient (Wildman–Crippen LogP) is 4.27. The van der Waals surface area contributed by atoms with Crippen LogP contribution in [0.5, 0.6) is 0 Å². The first-order valence-corrected chi connectivity index (χ1v) is 13.0. The largest absolute Gasteiger partial charge is 0.374 e. The van der Waals surface area contributed by atoms with Crippen molar-refractivity contribution in [2.75, 3.05) is 38.5 Å². The van der Waals surface area contributed by atoms with Crippen LogP contribution in [0.3, 0.4) is 0 Å². The number of carbonyl (C=O) groups is 2. The molecule has 0 spiro atoms. The van der Waals surface area contributed by atoms with E-state index in [1.54, 1.807) is 6.07 Å². The lowest BCUT2D eigenvalue weighted by Crippen LogP contribution is -2.45. The third-order valence-electron chi connectivity index (χ3n) is 7.53. The highest BCUT2D eigenvalue weighted by atomic mass is 16.3. The van der Waals surface area contributed by atoms with Crippen LogP contribution in [0.4, 0.5) is 5.69 Å². The Morgan fingerprint density at radius 2 is 1.77 bits per heavy atom. The third kappa shape index (κ3) is 5.22. The van der Waals surface area contributed by atoms with Gasteiger partial charge >= 0.3 is 0 Å². The SMILES string of the molecule is C=CC(=O)Nc1cccc(-c2ccc(C(N)=O)c3[nH]c(-c4ccc(C(O)N5CCN(C)CC5)cc4)cc23)c1C. The van der Waals surface area contributed by atoms with Crippen LogP contribution in [0.2, 0.25) is 0 Å². The molecular weight excluding hydrogens is 490 g/mol. The number of hydrogen-bond acceptors (Lipinski definition) is 5. The smallest absolute Gasteiger partial charge is 0.250 e. The molecule has 1 fully saturated rings. The van der Waals surface area contributed by atoms with Gasteiger partial charge in [0.05, 0.1) is 11.1 Å². The number of likely N-dealkylation sites (N-methyl/N-ethyl adjacent to an activating group) is 1. The zero-order valence-corrected chi connectivity index (χ0v) is 22.2. The Balaban J connectivity index is 1.53. The van der Waals surface area contributed by atoms with Gasteiger partial charge in [0.1, 0.15) is 6.23 Å². The number of piperazine rings is 1. The topological polar surface area (TPSA) is 115 Å². The summed E-state index contributed by atoms with van der Waals surface area (Å²) in [6.07, 6.45) is 0.583. The molecule has 8 nitrogen and oxygen atoms in total. The zero-order chi connectivity index (χ0) is 27.7. The van der Waals surface area contributed by atoms with Crippen molar-refractivity contribution < 1.29 is 14.7 Å². The number of nitrogens with one attached hydrogen (secondary N) is 2. The molecule has 1 saturated heterocycles. The second kappa shape index (κ2) is 10.9. The second-order valence-corrected chi connectivity index (χ2v) is 10.0. The molecule has 1 aliphatic rings. The van der Waals surface area contributed by atoms with Gasteiger partial charge in [-0.3, -0.25) is 14.5 Å². The van der Waals surface area contributed by atoms with Gasteiger partial charge in [-0.25, -0.2) is 0 Å². The summed E-state index contributed by atoms with van der Waals surface area (Å²) >= 11 is 0. The molecule has 0 saturated carbocycles. The van der Waals surface area contributed by atoms with Gasteiger partial charge in [-0.15, -0.1) is 0 Å². The summed E-state index contributed by atoms with van der Waals surface area (Å²) in [6, 6.07) is 19.2. The number of nitrogens with zero attached hydrogens (tertiary/aromatic N) is 2. The van der Waals surface area contributed by atoms with Gasteiger partial charge in [0, 0.05) is 42.9 Å². The molecule has 1 atom stereocenters. The number of fused-ring (bicyclic) bond motifs is 1. The van der Waals surface area contributed by atoms with Gasteiger partial charge in [-0.1, -0.05) is 49.0 Å². The maximum atomic E-state index is 12.3. The zero-order valence-electron chi connectivity index (χ0n) is 22.2. The van der Waals surface area contributed by atoms with Gasteiger partial charge in [-0.2, -0.15) is 0 Å². The summed E-state index contributed by atoms with van der Waals surface area (Å²) in [6.45, 7) is 8.96. The first kappa shape index (κ1) is 26.4. The number of aliphatic hydroxyl groups excluding tert-OH is 1. The van der Waals surface area contributed by atoms with E-state index in [1.807, 2.05) is 61.5 Å². The lowest BCUT2D eigenvalue weighted by molar-refractivity contribution is -0.111. The summed E-state index contributed by atoms with van der Waals surface area (Å²) in [7, 11) is 2.09. The number of hydrogen-bond donors (Lipinski definition) is 4. The Hall–Kier alpha value is -4.24. The normalized spacial score (nSPS) is 15.3. The number of aromatic amines is 1. The van der Waals surface area contributed by atoms with Gasteiger partial charge < -0.3 is 26.0 Å². The number of aliphatic hydroxyl groups is 1. The second-order valence-electron chi connectivity index (χ2n) is 10.0. The van der Waals surface area contributed by atoms with Crippen molar-refractivity contribution in [2.24, 2.45) is 5.73 Å². The molecule has 2 heterocycles. The van der Waals surface area contributed by atoms with E-state index >= 15 is 0 Å². The monoisotopic (exact) mass is 523 g/mol. The van der Waals surface area contributed by atoms with Gasteiger partial charge in [0.2, 0.25) is 5.91 Å². The van der Waals surface area contributed by atoms with Crippen LogP contribution in [0.25, 0.3) is 33.3 Å². The fourth-order valence-corrected chi connectivity index (χ4v) is 5.17. The third-order valence-corrected chi connectivity index (χ3v) is 7.53. The van der Waals surface area contributed by atoms with E-state index in [9.17, 15) is 14.7 Å². The predicted molar refractivity (Wildman–Crippen MR) is 155 cm³/mol. The molecule has 2 amide bonds. The van der Waals surface area contributed by atoms with E-state index in [2.05, 4.69) is 33.7 Å². The van der Waals surface area contributed by atoms with E-state index in [0.717, 1.165) is 65.1 Å². The molecular formula is C31H33N5O3. The number of nitrogens with two attached hydrogens (primary N) is 1. The number of rotatable bonds is 7. The van der Waals surface area contributed by atoms with Crippen molar-refractivity contribution in [3.63, 3.8) is 0 Å². The molecule has 0 bridgehead atoms. The maximum absolute atomic E-state index is 12.3. The Morgan fingerprint density at radius 1 is 1.05 bits per heavy atom. The number of aromatic nitrogens is 1. The van der Waals surface area contributed by atoms with Gasteiger partial charge in [0.25, 0.3) is 5.91 Å². The molecule has 0 aliphatic carbocycles. The summed E-state index contributed by atoms with van der Waals surface area (Å²) in [5.74, 6) is -0.802. The highest BCUT2D eigenvalue weighted by Gasteiger charge is 2.22. The summed E-state index contributed by atoms with van der Waals surface area (Å²) in [5.41, 5.74) is 12.8. The minimum atomic E-state index is -0.652. The fraction of sp³-hybridized carbons (Fsp3) is 0.226. The number of primary amides is 1. The standard InChI is InChI=1S/C31H33N5O3/c1-4-28(37)33-26-7-5-6-22(19(26)2)23-12-13-24(30(32)38)29-25(23)18-27(34-29)20-8-10-21(11-9-20)31(39)36-16-14-35(3)15-17-36/h4-13,18,31,34,39H,1,14-17H2,2-3H3,(H2,32,38)(H,33,37). The molecule has 1 unspecified atom stereocenters. The fourth-order valence-electron chi connectivity index (χ4n) is 5.17. The summed E-state index contributed by atoms with van der Waals surface area (Å²) < 4.78 is 0. The molecule has 39 heavy (non-hydrogen) atoms.